The molecule has 25 heavy (non-hydrogen) atoms. The molecule has 132 valence electrons. The van der Waals surface area contributed by atoms with Gasteiger partial charge < -0.3 is 15.5 Å². The van der Waals surface area contributed by atoms with Crippen molar-refractivity contribution in [2.75, 3.05) is 0 Å². The van der Waals surface area contributed by atoms with Crippen LogP contribution in [0.1, 0.15) is 30.2 Å². The van der Waals surface area contributed by atoms with Crippen LogP contribution in [0.2, 0.25) is 0 Å². The molecule has 0 aliphatic rings. The van der Waals surface area contributed by atoms with E-state index < -0.39 is 29.8 Å². The number of aliphatic hydroxyl groups is 1. The van der Waals surface area contributed by atoms with Crippen molar-refractivity contribution in [1.29, 1.82) is 0 Å². The second kappa shape index (κ2) is 8.84. The molecule has 0 saturated heterocycles. The minimum absolute atomic E-state index is 0.135. The first-order valence-electron chi connectivity index (χ1n) is 7.66. The zero-order valence-electron chi connectivity index (χ0n) is 13.3. The van der Waals surface area contributed by atoms with Crippen LogP contribution in [0.3, 0.4) is 0 Å². The maximum atomic E-state index is 13.1. The number of aromatic nitrogens is 2. The lowest BCUT2D eigenvalue weighted by Crippen LogP contribution is -2.41. The lowest BCUT2D eigenvalue weighted by molar-refractivity contribution is -0.142. The fourth-order valence-electron chi connectivity index (χ4n) is 2.27. The smallest absolute Gasteiger partial charge is 0.326 e. The van der Waals surface area contributed by atoms with Gasteiger partial charge >= 0.3 is 5.97 Å². The summed E-state index contributed by atoms with van der Waals surface area (Å²) in [5, 5.41) is 21.6. The van der Waals surface area contributed by atoms with Crippen LogP contribution in [0, 0.1) is 5.82 Å². The van der Waals surface area contributed by atoms with Gasteiger partial charge in [0.2, 0.25) is 5.91 Å². The van der Waals surface area contributed by atoms with Gasteiger partial charge in [-0.15, -0.1) is 0 Å². The zero-order chi connectivity index (χ0) is 18.2. The van der Waals surface area contributed by atoms with E-state index >= 15 is 0 Å². The summed E-state index contributed by atoms with van der Waals surface area (Å²) in [6.45, 7) is 0. The van der Waals surface area contributed by atoms with Crippen LogP contribution < -0.4 is 5.32 Å². The Labute approximate surface area is 143 Å². The average molecular weight is 347 g/mol. The van der Waals surface area contributed by atoms with E-state index in [1.807, 2.05) is 0 Å². The van der Waals surface area contributed by atoms with Gasteiger partial charge in [-0.25, -0.2) is 9.18 Å². The van der Waals surface area contributed by atoms with Crippen LogP contribution >= 0.6 is 0 Å². The first-order valence-corrected chi connectivity index (χ1v) is 7.66. The monoisotopic (exact) mass is 347 g/mol. The number of rotatable bonds is 8. The highest BCUT2D eigenvalue weighted by molar-refractivity contribution is 5.83. The zero-order valence-corrected chi connectivity index (χ0v) is 13.3. The number of carbonyl (C=O) groups is 2. The van der Waals surface area contributed by atoms with Gasteiger partial charge in [-0.3, -0.25) is 14.8 Å². The molecule has 2 aromatic rings. The van der Waals surface area contributed by atoms with Crippen molar-refractivity contribution in [3.63, 3.8) is 0 Å². The average Bonchev–Trinajstić information content (AvgIpc) is 2.59. The van der Waals surface area contributed by atoms with Crippen LogP contribution in [0.15, 0.2) is 42.9 Å². The van der Waals surface area contributed by atoms with Crippen LogP contribution in [0.4, 0.5) is 4.39 Å². The molecule has 2 unspecified atom stereocenters. The summed E-state index contributed by atoms with van der Waals surface area (Å²) in [4.78, 5) is 31.2. The molecule has 7 nitrogen and oxygen atoms in total. The summed E-state index contributed by atoms with van der Waals surface area (Å²) < 4.78 is 13.1. The van der Waals surface area contributed by atoms with Gasteiger partial charge in [0, 0.05) is 18.6 Å². The fourth-order valence-corrected chi connectivity index (χ4v) is 2.27. The lowest BCUT2D eigenvalue weighted by Gasteiger charge is -2.16. The number of carboxylic acids is 1. The number of benzene rings is 1. The molecule has 0 aliphatic carbocycles. The summed E-state index contributed by atoms with van der Waals surface area (Å²) >= 11 is 0. The van der Waals surface area contributed by atoms with E-state index in [2.05, 4.69) is 15.3 Å². The molecule has 0 saturated carbocycles. The minimum Gasteiger partial charge on any atom is -0.480 e. The summed E-state index contributed by atoms with van der Waals surface area (Å²) in [6.07, 6.45) is 3.41. The highest BCUT2D eigenvalue weighted by Gasteiger charge is 2.22. The normalized spacial score (nSPS) is 13.0. The van der Waals surface area contributed by atoms with Crippen LogP contribution in [-0.4, -0.2) is 38.1 Å². The Morgan fingerprint density at radius 1 is 1.28 bits per heavy atom. The number of nitrogens with zero attached hydrogens (tertiary/aromatic N) is 2. The van der Waals surface area contributed by atoms with Crippen molar-refractivity contribution in [3.8, 4) is 0 Å². The van der Waals surface area contributed by atoms with E-state index in [1.54, 1.807) is 0 Å². The van der Waals surface area contributed by atoms with Crippen LogP contribution in [0.5, 0.6) is 0 Å². The van der Waals surface area contributed by atoms with E-state index in [0.29, 0.717) is 12.1 Å². The van der Waals surface area contributed by atoms with Crippen molar-refractivity contribution >= 4 is 11.9 Å². The Balaban J connectivity index is 1.90. The molecule has 0 bridgehead atoms. The molecule has 1 amide bonds. The van der Waals surface area contributed by atoms with Gasteiger partial charge in [-0.05, 0) is 30.5 Å². The molecular formula is C17H18FN3O4. The van der Waals surface area contributed by atoms with E-state index in [4.69, 9.17) is 0 Å². The second-order valence-corrected chi connectivity index (χ2v) is 5.47. The largest absolute Gasteiger partial charge is 0.480 e. The summed E-state index contributed by atoms with van der Waals surface area (Å²) in [7, 11) is 0. The Hall–Kier alpha value is -2.87. The number of aryl methyl sites for hydroxylation is 1. The van der Waals surface area contributed by atoms with Crippen molar-refractivity contribution in [3.05, 3.63) is 59.9 Å². The molecule has 0 fully saturated rings. The number of aliphatic carboxylic acids is 1. The highest BCUT2D eigenvalue weighted by atomic mass is 19.1. The number of hydrogen-bond donors (Lipinski definition) is 3. The molecule has 0 spiro atoms. The Bertz CT molecular complexity index is 727. The molecule has 1 aromatic carbocycles. The van der Waals surface area contributed by atoms with E-state index in [9.17, 15) is 24.2 Å². The first-order chi connectivity index (χ1) is 12.0. The van der Waals surface area contributed by atoms with Crippen molar-refractivity contribution in [2.45, 2.75) is 31.4 Å². The molecule has 2 rings (SSSR count). The number of carbonyl (C=O) groups excluding carboxylic acids is 1. The third-order valence-corrected chi connectivity index (χ3v) is 3.55. The predicted molar refractivity (Wildman–Crippen MR) is 85.9 cm³/mol. The number of nitrogens with one attached hydrogen (secondary N) is 1. The summed E-state index contributed by atoms with van der Waals surface area (Å²) in [5.74, 6) is -2.34. The Kier molecular flexibility index (Phi) is 6.53. The Morgan fingerprint density at radius 2 is 2.08 bits per heavy atom. The van der Waals surface area contributed by atoms with Crippen molar-refractivity contribution < 1.29 is 24.2 Å². The van der Waals surface area contributed by atoms with E-state index in [-0.39, 0.29) is 18.4 Å². The number of aliphatic hydroxyl groups excluding tert-OH is 1. The number of hydrogen-bond acceptors (Lipinski definition) is 5. The van der Waals surface area contributed by atoms with Crippen LogP contribution in [-0.2, 0) is 16.0 Å². The molecule has 1 heterocycles. The molecule has 0 radical (unpaired) electrons. The predicted octanol–water partition coefficient (Wildman–Crippen LogP) is 1.24. The molecule has 2 atom stereocenters. The van der Waals surface area contributed by atoms with Gasteiger partial charge in [0.05, 0.1) is 18.2 Å². The first kappa shape index (κ1) is 18.5. The molecule has 0 aliphatic heterocycles. The third kappa shape index (κ3) is 5.92. The van der Waals surface area contributed by atoms with E-state index in [1.165, 1.54) is 36.8 Å². The number of amides is 1. The molecule has 3 N–H and O–H groups in total. The molecule has 1 aromatic heterocycles. The van der Waals surface area contributed by atoms with Crippen molar-refractivity contribution in [1.82, 2.24) is 15.3 Å². The summed E-state index contributed by atoms with van der Waals surface area (Å²) in [5.41, 5.74) is 0.865. The molecule has 8 heteroatoms. The van der Waals surface area contributed by atoms with E-state index in [0.717, 1.165) is 6.07 Å². The van der Waals surface area contributed by atoms with Crippen LogP contribution in [0.25, 0.3) is 0 Å². The number of halogens is 1. The van der Waals surface area contributed by atoms with Gasteiger partial charge in [-0.2, -0.15) is 0 Å². The highest BCUT2D eigenvalue weighted by Crippen LogP contribution is 2.17. The van der Waals surface area contributed by atoms with Crippen molar-refractivity contribution in [2.24, 2.45) is 0 Å². The molecular weight excluding hydrogens is 329 g/mol. The third-order valence-electron chi connectivity index (χ3n) is 3.55. The summed E-state index contributed by atoms with van der Waals surface area (Å²) in [6, 6.07) is 4.15. The van der Waals surface area contributed by atoms with Gasteiger partial charge in [0.25, 0.3) is 0 Å². The quantitative estimate of drug-likeness (QED) is 0.662. The lowest BCUT2D eigenvalue weighted by atomic mass is 10.1. The van der Waals surface area contributed by atoms with Gasteiger partial charge in [-0.1, -0.05) is 12.1 Å². The van der Waals surface area contributed by atoms with Gasteiger partial charge in [0.15, 0.2) is 0 Å². The Morgan fingerprint density at radius 3 is 2.72 bits per heavy atom. The minimum atomic E-state index is -1.22. The number of carboxylic acid groups (broad SMARTS) is 1. The maximum Gasteiger partial charge on any atom is 0.326 e. The standard InChI is InChI=1S/C17H18FN3O4/c18-12-3-1-2-11(8-12)15(22)9-16(23)21-14(17(24)25)5-4-13-10-19-6-7-20-13/h1-3,6-8,10,14-15,22H,4-5,9H2,(H,21,23)(H,24,25). The van der Waals surface area contributed by atoms with Gasteiger partial charge in [0.1, 0.15) is 11.9 Å². The SMILES string of the molecule is O=C(CC(O)c1cccc(F)c1)NC(CCc1cnccn1)C(=O)O. The topological polar surface area (TPSA) is 112 Å². The fraction of sp³-hybridized carbons (Fsp3) is 0.294. The second-order valence-electron chi connectivity index (χ2n) is 5.47. The maximum absolute atomic E-state index is 13.1.